The summed E-state index contributed by atoms with van der Waals surface area (Å²) >= 11 is 0. The Kier molecular flexibility index (Phi) is 4.64. The molecule has 0 atom stereocenters. The fourth-order valence-corrected chi connectivity index (χ4v) is 3.21. The number of nitrogens with zero attached hydrogens (tertiary/aromatic N) is 3. The van der Waals surface area contributed by atoms with Crippen molar-refractivity contribution < 1.29 is 9.32 Å². The zero-order valence-electron chi connectivity index (χ0n) is 14.4. The van der Waals surface area contributed by atoms with Gasteiger partial charge in [-0.25, -0.2) is 0 Å². The summed E-state index contributed by atoms with van der Waals surface area (Å²) in [5, 5.41) is 6.86. The van der Waals surface area contributed by atoms with Gasteiger partial charge in [-0.1, -0.05) is 29.4 Å². The van der Waals surface area contributed by atoms with E-state index in [-0.39, 0.29) is 11.7 Å². The molecule has 0 unspecified atom stereocenters. The summed E-state index contributed by atoms with van der Waals surface area (Å²) in [5.41, 5.74) is 3.52. The molecule has 4 rings (SSSR count). The second-order valence-electron chi connectivity index (χ2n) is 6.30. The van der Waals surface area contributed by atoms with Crippen LogP contribution in [0.25, 0.3) is 11.4 Å². The topological polar surface area (TPSA) is 71.3 Å². The van der Waals surface area contributed by atoms with Crippen LogP contribution >= 0.6 is 0 Å². The monoisotopic (exact) mass is 348 g/mol. The van der Waals surface area contributed by atoms with E-state index >= 15 is 0 Å². The molecule has 1 amide bonds. The summed E-state index contributed by atoms with van der Waals surface area (Å²) in [6.45, 7) is 2.59. The van der Waals surface area contributed by atoms with Gasteiger partial charge < -0.3 is 14.7 Å². The van der Waals surface area contributed by atoms with Crippen molar-refractivity contribution in [3.05, 3.63) is 66.1 Å². The minimum atomic E-state index is -0.282. The first-order valence-electron chi connectivity index (χ1n) is 8.80. The molecule has 3 aromatic rings. The lowest BCUT2D eigenvalue weighted by molar-refractivity contribution is 0.0914. The Bertz CT molecular complexity index is 886. The van der Waals surface area contributed by atoms with Gasteiger partial charge in [-0.15, -0.1) is 0 Å². The molecule has 1 N–H and O–H groups in total. The maximum atomic E-state index is 12.4. The van der Waals surface area contributed by atoms with Crippen molar-refractivity contribution in [1.29, 1.82) is 0 Å². The number of para-hydroxylation sites is 1. The van der Waals surface area contributed by atoms with Gasteiger partial charge in [0.2, 0.25) is 5.76 Å². The van der Waals surface area contributed by atoms with Crippen LogP contribution in [0.3, 0.4) is 0 Å². The molecule has 0 saturated carbocycles. The Hall–Kier alpha value is -3.15. The molecule has 3 heterocycles. The number of benzene rings is 1. The van der Waals surface area contributed by atoms with Crippen molar-refractivity contribution >= 4 is 11.6 Å². The minimum Gasteiger partial charge on any atom is -0.371 e. The van der Waals surface area contributed by atoms with E-state index in [0.717, 1.165) is 18.7 Å². The first kappa shape index (κ1) is 16.3. The van der Waals surface area contributed by atoms with E-state index in [1.165, 1.54) is 18.5 Å². The van der Waals surface area contributed by atoms with Crippen LogP contribution < -0.4 is 10.2 Å². The molecule has 0 aliphatic carbocycles. The quantitative estimate of drug-likeness (QED) is 0.766. The Morgan fingerprint density at radius 3 is 2.69 bits per heavy atom. The van der Waals surface area contributed by atoms with Gasteiger partial charge in [-0.2, -0.15) is 0 Å². The lowest BCUT2D eigenvalue weighted by Crippen LogP contribution is -2.25. The standard InChI is InChI=1S/C20H20N4O2/c25-20(19-13-17(23-26-19)16-8-3-4-10-21-16)22-14-15-7-1-2-9-18(15)24-11-5-6-12-24/h1-4,7-10,13H,5-6,11-12,14H2,(H,22,25). The van der Waals surface area contributed by atoms with Gasteiger partial charge in [0.15, 0.2) is 0 Å². The third kappa shape index (κ3) is 3.44. The Morgan fingerprint density at radius 1 is 1.08 bits per heavy atom. The van der Waals surface area contributed by atoms with Gasteiger partial charge in [-0.3, -0.25) is 9.78 Å². The summed E-state index contributed by atoms with van der Waals surface area (Å²) in [4.78, 5) is 19.0. The van der Waals surface area contributed by atoms with E-state index < -0.39 is 0 Å². The lowest BCUT2D eigenvalue weighted by Gasteiger charge is -2.21. The lowest BCUT2D eigenvalue weighted by atomic mass is 10.1. The molecule has 1 aromatic carbocycles. The molecule has 0 spiro atoms. The molecule has 1 fully saturated rings. The maximum Gasteiger partial charge on any atom is 0.290 e. The van der Waals surface area contributed by atoms with Crippen LogP contribution in [0.4, 0.5) is 5.69 Å². The summed E-state index contributed by atoms with van der Waals surface area (Å²) < 4.78 is 5.19. The van der Waals surface area contributed by atoms with E-state index in [4.69, 9.17) is 4.52 Å². The molecule has 1 aliphatic rings. The van der Waals surface area contributed by atoms with Gasteiger partial charge in [0.1, 0.15) is 5.69 Å². The van der Waals surface area contributed by atoms with Crippen molar-refractivity contribution in [2.45, 2.75) is 19.4 Å². The second kappa shape index (κ2) is 7.39. The third-order valence-corrected chi connectivity index (χ3v) is 4.54. The fourth-order valence-electron chi connectivity index (χ4n) is 3.21. The van der Waals surface area contributed by atoms with E-state index in [1.807, 2.05) is 36.4 Å². The number of carbonyl (C=O) groups excluding carboxylic acids is 1. The van der Waals surface area contributed by atoms with E-state index in [1.54, 1.807) is 12.3 Å². The second-order valence-corrected chi connectivity index (χ2v) is 6.30. The summed E-state index contributed by atoms with van der Waals surface area (Å²) in [6.07, 6.45) is 4.11. The van der Waals surface area contributed by atoms with Crippen molar-refractivity contribution in [3.8, 4) is 11.4 Å². The Balaban J connectivity index is 1.44. The van der Waals surface area contributed by atoms with Crippen molar-refractivity contribution in [2.75, 3.05) is 18.0 Å². The highest BCUT2D eigenvalue weighted by atomic mass is 16.5. The average Bonchev–Trinajstić information content (AvgIpc) is 3.39. The van der Waals surface area contributed by atoms with Crippen LogP contribution in [0, 0.1) is 0 Å². The van der Waals surface area contributed by atoms with Crippen molar-refractivity contribution in [2.24, 2.45) is 0 Å². The highest BCUT2D eigenvalue weighted by Gasteiger charge is 2.17. The molecular weight excluding hydrogens is 328 g/mol. The molecule has 0 radical (unpaired) electrons. The maximum absolute atomic E-state index is 12.4. The molecule has 6 nitrogen and oxygen atoms in total. The van der Waals surface area contributed by atoms with Gasteiger partial charge in [0, 0.05) is 37.6 Å². The fraction of sp³-hybridized carbons (Fsp3) is 0.250. The average molecular weight is 348 g/mol. The molecule has 1 aliphatic heterocycles. The van der Waals surface area contributed by atoms with Gasteiger partial charge >= 0.3 is 0 Å². The number of amides is 1. The predicted octanol–water partition coefficient (Wildman–Crippen LogP) is 3.27. The van der Waals surface area contributed by atoms with Gasteiger partial charge in [0.25, 0.3) is 5.91 Å². The Labute approximate surface area is 151 Å². The number of nitrogens with one attached hydrogen (secondary N) is 1. The molecule has 2 aromatic heterocycles. The first-order valence-corrected chi connectivity index (χ1v) is 8.80. The smallest absolute Gasteiger partial charge is 0.290 e. The number of pyridine rings is 1. The van der Waals surface area contributed by atoms with Crippen LogP contribution in [0.5, 0.6) is 0 Å². The van der Waals surface area contributed by atoms with Crippen LogP contribution in [0.2, 0.25) is 0 Å². The number of carbonyl (C=O) groups is 1. The van der Waals surface area contributed by atoms with E-state index in [9.17, 15) is 4.79 Å². The van der Waals surface area contributed by atoms with E-state index in [2.05, 4.69) is 26.4 Å². The van der Waals surface area contributed by atoms with E-state index in [0.29, 0.717) is 17.9 Å². The highest BCUT2D eigenvalue weighted by Crippen LogP contribution is 2.24. The zero-order chi connectivity index (χ0) is 17.8. The number of anilines is 1. The predicted molar refractivity (Wildman–Crippen MR) is 98.8 cm³/mol. The van der Waals surface area contributed by atoms with Crippen LogP contribution in [0.1, 0.15) is 29.0 Å². The highest BCUT2D eigenvalue weighted by molar-refractivity contribution is 5.92. The summed E-state index contributed by atoms with van der Waals surface area (Å²) in [5.74, 6) is -0.0970. The largest absolute Gasteiger partial charge is 0.371 e. The summed E-state index contributed by atoms with van der Waals surface area (Å²) in [6, 6.07) is 15.3. The Morgan fingerprint density at radius 2 is 1.88 bits per heavy atom. The van der Waals surface area contributed by atoms with Gasteiger partial charge in [0.05, 0.1) is 5.69 Å². The molecular formula is C20H20N4O2. The molecule has 1 saturated heterocycles. The molecule has 132 valence electrons. The number of hydrogen-bond acceptors (Lipinski definition) is 5. The zero-order valence-corrected chi connectivity index (χ0v) is 14.4. The van der Waals surface area contributed by atoms with Crippen molar-refractivity contribution in [1.82, 2.24) is 15.5 Å². The third-order valence-electron chi connectivity index (χ3n) is 4.54. The number of rotatable bonds is 5. The SMILES string of the molecule is O=C(NCc1ccccc1N1CCCC1)c1cc(-c2ccccn2)no1. The van der Waals surface area contributed by atoms with Crippen LogP contribution in [-0.4, -0.2) is 29.1 Å². The molecule has 6 heteroatoms. The van der Waals surface area contributed by atoms with Crippen molar-refractivity contribution in [3.63, 3.8) is 0 Å². The normalized spacial score (nSPS) is 13.8. The molecule has 0 bridgehead atoms. The number of aromatic nitrogens is 2. The summed E-state index contributed by atoms with van der Waals surface area (Å²) in [7, 11) is 0. The first-order chi connectivity index (χ1) is 12.8. The van der Waals surface area contributed by atoms with Gasteiger partial charge in [-0.05, 0) is 36.6 Å². The van der Waals surface area contributed by atoms with Crippen LogP contribution in [0.15, 0.2) is 59.3 Å². The van der Waals surface area contributed by atoms with Crippen LogP contribution in [-0.2, 0) is 6.54 Å². The number of hydrogen-bond donors (Lipinski definition) is 1. The molecule has 26 heavy (non-hydrogen) atoms. The minimum absolute atomic E-state index is 0.185.